The highest BCUT2D eigenvalue weighted by Gasteiger charge is 2.26. The zero-order chi connectivity index (χ0) is 20.2. The van der Waals surface area contributed by atoms with Gasteiger partial charge in [0.1, 0.15) is 17.4 Å². The van der Waals surface area contributed by atoms with Crippen molar-refractivity contribution in [2.75, 3.05) is 31.9 Å². The Morgan fingerprint density at radius 3 is 2.48 bits per heavy atom. The van der Waals surface area contributed by atoms with Gasteiger partial charge in [-0.3, -0.25) is 9.69 Å². The highest BCUT2D eigenvalue weighted by atomic mass is 16.5. The van der Waals surface area contributed by atoms with Gasteiger partial charge in [-0.2, -0.15) is 0 Å². The summed E-state index contributed by atoms with van der Waals surface area (Å²) in [4.78, 5) is 25.9. The highest BCUT2D eigenvalue weighted by Crippen LogP contribution is 2.18. The molecule has 0 aliphatic carbocycles. The van der Waals surface area contributed by atoms with Crippen molar-refractivity contribution < 1.29 is 9.53 Å². The Labute approximate surface area is 170 Å². The van der Waals surface area contributed by atoms with Crippen molar-refractivity contribution >= 4 is 22.6 Å². The van der Waals surface area contributed by atoms with E-state index < -0.39 is 6.10 Å². The standard InChI is InChI=1S/C22H25N5O2/c1-16(29-17-7-3-2-4-8-17)22(28)27-13-11-26(12-14-27)15-20-24-19-10-6-5-9-18(19)21(23)25-20/h2-10,16H,11-15H2,1H3,(H2,23,24,25). The predicted octanol–water partition coefficient (Wildman–Crippen LogP) is 2.32. The van der Waals surface area contributed by atoms with Crippen molar-refractivity contribution in [3.63, 3.8) is 0 Å². The number of amides is 1. The average Bonchev–Trinajstić information content (AvgIpc) is 2.74. The molecule has 0 bridgehead atoms. The number of ether oxygens (including phenoxy) is 1. The Balaban J connectivity index is 1.33. The number of nitrogens with two attached hydrogens (primary N) is 1. The molecular weight excluding hydrogens is 366 g/mol. The van der Waals surface area contributed by atoms with Crippen LogP contribution in [0.1, 0.15) is 12.7 Å². The van der Waals surface area contributed by atoms with Crippen LogP contribution in [0.2, 0.25) is 0 Å². The topological polar surface area (TPSA) is 84.6 Å². The van der Waals surface area contributed by atoms with Crippen LogP contribution in [0.3, 0.4) is 0 Å². The maximum absolute atomic E-state index is 12.7. The lowest BCUT2D eigenvalue weighted by Crippen LogP contribution is -2.51. The lowest BCUT2D eigenvalue weighted by Gasteiger charge is -2.35. The summed E-state index contributed by atoms with van der Waals surface area (Å²) in [5.74, 6) is 1.94. The number of rotatable bonds is 5. The van der Waals surface area contributed by atoms with Gasteiger partial charge in [0, 0.05) is 31.6 Å². The predicted molar refractivity (Wildman–Crippen MR) is 112 cm³/mol. The van der Waals surface area contributed by atoms with Gasteiger partial charge in [-0.1, -0.05) is 30.3 Å². The van der Waals surface area contributed by atoms with Crippen molar-refractivity contribution in [1.29, 1.82) is 0 Å². The molecule has 2 heterocycles. The number of anilines is 1. The van der Waals surface area contributed by atoms with Gasteiger partial charge in [-0.25, -0.2) is 9.97 Å². The van der Waals surface area contributed by atoms with Gasteiger partial charge in [-0.05, 0) is 31.2 Å². The third kappa shape index (κ3) is 4.46. The number of hydrogen-bond donors (Lipinski definition) is 1. The van der Waals surface area contributed by atoms with Crippen LogP contribution >= 0.6 is 0 Å². The average molecular weight is 391 g/mol. The maximum atomic E-state index is 12.7. The number of carbonyl (C=O) groups excluding carboxylic acids is 1. The number of nitrogen functional groups attached to an aromatic ring is 1. The van der Waals surface area contributed by atoms with E-state index in [2.05, 4.69) is 14.9 Å². The fourth-order valence-electron chi connectivity index (χ4n) is 3.56. The van der Waals surface area contributed by atoms with Crippen LogP contribution in [0.4, 0.5) is 5.82 Å². The van der Waals surface area contributed by atoms with Gasteiger partial charge in [0.2, 0.25) is 0 Å². The normalized spacial score (nSPS) is 16.0. The van der Waals surface area contributed by atoms with Crippen LogP contribution in [-0.2, 0) is 11.3 Å². The fourth-order valence-corrected chi connectivity index (χ4v) is 3.56. The molecule has 3 aromatic rings. The van der Waals surface area contributed by atoms with Crippen LogP contribution in [0.15, 0.2) is 54.6 Å². The van der Waals surface area contributed by atoms with Crippen LogP contribution in [0.25, 0.3) is 10.9 Å². The van der Waals surface area contributed by atoms with E-state index in [-0.39, 0.29) is 5.91 Å². The molecule has 29 heavy (non-hydrogen) atoms. The minimum absolute atomic E-state index is 0.0136. The summed E-state index contributed by atoms with van der Waals surface area (Å²) in [6.07, 6.45) is -0.507. The summed E-state index contributed by atoms with van der Waals surface area (Å²) >= 11 is 0. The minimum Gasteiger partial charge on any atom is -0.481 e. The Morgan fingerprint density at radius 2 is 1.72 bits per heavy atom. The molecule has 1 saturated heterocycles. The van der Waals surface area contributed by atoms with E-state index in [4.69, 9.17) is 10.5 Å². The molecule has 1 aliphatic heterocycles. The first-order valence-electron chi connectivity index (χ1n) is 9.84. The molecule has 1 aliphatic rings. The summed E-state index contributed by atoms with van der Waals surface area (Å²) < 4.78 is 5.77. The molecule has 0 saturated carbocycles. The van der Waals surface area contributed by atoms with E-state index in [0.29, 0.717) is 37.0 Å². The first-order valence-corrected chi connectivity index (χ1v) is 9.84. The molecule has 7 nitrogen and oxygen atoms in total. The zero-order valence-electron chi connectivity index (χ0n) is 16.5. The van der Waals surface area contributed by atoms with Gasteiger partial charge < -0.3 is 15.4 Å². The van der Waals surface area contributed by atoms with Crippen molar-refractivity contribution in [3.8, 4) is 5.75 Å². The van der Waals surface area contributed by atoms with E-state index in [9.17, 15) is 4.79 Å². The molecule has 0 spiro atoms. The molecule has 150 valence electrons. The number of benzene rings is 2. The molecule has 1 aromatic heterocycles. The van der Waals surface area contributed by atoms with Gasteiger partial charge in [0.05, 0.1) is 12.1 Å². The smallest absolute Gasteiger partial charge is 0.263 e. The van der Waals surface area contributed by atoms with Gasteiger partial charge in [0.15, 0.2) is 6.10 Å². The van der Waals surface area contributed by atoms with Gasteiger partial charge in [-0.15, -0.1) is 0 Å². The first-order chi connectivity index (χ1) is 14.1. The fraction of sp³-hybridized carbons (Fsp3) is 0.318. The number of carbonyl (C=O) groups is 1. The molecule has 1 fully saturated rings. The lowest BCUT2D eigenvalue weighted by molar-refractivity contribution is -0.139. The van der Waals surface area contributed by atoms with Crippen molar-refractivity contribution in [2.24, 2.45) is 0 Å². The van der Waals surface area contributed by atoms with Crippen LogP contribution < -0.4 is 10.5 Å². The molecular formula is C22H25N5O2. The van der Waals surface area contributed by atoms with Gasteiger partial charge in [0.25, 0.3) is 5.91 Å². The summed E-state index contributed by atoms with van der Waals surface area (Å²) in [6.45, 7) is 5.26. The largest absolute Gasteiger partial charge is 0.481 e. The summed E-state index contributed by atoms with van der Waals surface area (Å²) in [6, 6.07) is 17.2. The Bertz CT molecular complexity index is 987. The summed E-state index contributed by atoms with van der Waals surface area (Å²) in [5, 5.41) is 0.874. The molecule has 2 N–H and O–H groups in total. The molecule has 1 unspecified atom stereocenters. The van der Waals surface area contributed by atoms with Crippen molar-refractivity contribution in [1.82, 2.24) is 19.8 Å². The number of para-hydroxylation sites is 2. The maximum Gasteiger partial charge on any atom is 0.263 e. The number of nitrogens with zero attached hydrogens (tertiary/aromatic N) is 4. The zero-order valence-corrected chi connectivity index (χ0v) is 16.5. The number of piperazine rings is 1. The third-order valence-electron chi connectivity index (χ3n) is 5.13. The first kappa shape index (κ1) is 19.1. The molecule has 1 atom stereocenters. The Kier molecular flexibility index (Phi) is 5.57. The quantitative estimate of drug-likeness (QED) is 0.719. The molecule has 4 rings (SSSR count). The monoisotopic (exact) mass is 391 g/mol. The van der Waals surface area contributed by atoms with Crippen LogP contribution in [0, 0.1) is 0 Å². The van der Waals surface area contributed by atoms with E-state index in [0.717, 1.165) is 24.0 Å². The lowest BCUT2D eigenvalue weighted by atomic mass is 10.2. The second-order valence-corrected chi connectivity index (χ2v) is 7.22. The number of aromatic nitrogens is 2. The van der Waals surface area contributed by atoms with Crippen LogP contribution in [-0.4, -0.2) is 58.0 Å². The number of hydrogen-bond acceptors (Lipinski definition) is 6. The van der Waals surface area contributed by atoms with Crippen LogP contribution in [0.5, 0.6) is 5.75 Å². The minimum atomic E-state index is -0.507. The third-order valence-corrected chi connectivity index (χ3v) is 5.13. The Hall–Kier alpha value is -3.19. The van der Waals surface area contributed by atoms with E-state index in [1.165, 1.54) is 0 Å². The highest BCUT2D eigenvalue weighted by molar-refractivity contribution is 5.87. The van der Waals surface area contributed by atoms with E-state index in [1.54, 1.807) is 6.92 Å². The van der Waals surface area contributed by atoms with E-state index >= 15 is 0 Å². The van der Waals surface area contributed by atoms with E-state index in [1.807, 2.05) is 59.5 Å². The second kappa shape index (κ2) is 8.45. The Morgan fingerprint density at radius 1 is 1.03 bits per heavy atom. The molecule has 7 heteroatoms. The van der Waals surface area contributed by atoms with Crippen molar-refractivity contribution in [2.45, 2.75) is 19.6 Å². The summed E-state index contributed by atoms with van der Waals surface area (Å²) in [7, 11) is 0. The van der Waals surface area contributed by atoms with Gasteiger partial charge >= 0.3 is 0 Å². The van der Waals surface area contributed by atoms with Crippen molar-refractivity contribution in [3.05, 3.63) is 60.4 Å². The molecule has 0 radical (unpaired) electrons. The summed E-state index contributed by atoms with van der Waals surface area (Å²) in [5.41, 5.74) is 6.94. The second-order valence-electron chi connectivity index (χ2n) is 7.22. The SMILES string of the molecule is CC(Oc1ccccc1)C(=O)N1CCN(Cc2nc(N)c3ccccc3n2)CC1. The number of fused-ring (bicyclic) bond motifs is 1. The molecule has 2 aromatic carbocycles. The molecule has 1 amide bonds.